The highest BCUT2D eigenvalue weighted by molar-refractivity contribution is 7.29. The number of anilines is 2. The molecule has 6 heteroatoms. The largest absolute Gasteiger partial charge is 0.355 e. The van der Waals surface area contributed by atoms with Crippen molar-refractivity contribution < 1.29 is 0 Å². The maximum atomic E-state index is 4.14. The van der Waals surface area contributed by atoms with E-state index in [-0.39, 0.29) is 32.5 Å². The van der Waals surface area contributed by atoms with E-state index in [1.807, 2.05) is 34.0 Å². The molecule has 2 nitrogen and oxygen atoms in total. The number of rotatable bonds is 3. The molecule has 74 heavy (non-hydrogen) atoms. The van der Waals surface area contributed by atoms with Gasteiger partial charge in [-0.2, -0.15) is 0 Å². The highest BCUT2D eigenvalue weighted by Gasteiger charge is 2.41. The fourth-order valence-corrected chi connectivity index (χ4v) is 17.2. The Labute approximate surface area is 450 Å². The zero-order valence-corrected chi connectivity index (χ0v) is 48.3. The van der Waals surface area contributed by atoms with E-state index in [4.69, 9.17) is 0 Å². The molecule has 0 unspecified atom stereocenters. The topological polar surface area (TPSA) is 17.0 Å². The predicted octanol–water partition coefficient (Wildman–Crippen LogP) is 19.4. The molecular weight excluding hydrogens is 952 g/mol. The lowest BCUT2D eigenvalue weighted by molar-refractivity contribution is 0.332. The molecule has 1 N–H and O–H groups in total. The predicted molar refractivity (Wildman–Crippen MR) is 330 cm³/mol. The average Bonchev–Trinajstić information content (AvgIpc) is 4.11. The lowest BCUT2D eigenvalue weighted by Gasteiger charge is -2.42. The normalized spacial score (nSPS) is 17.6. The third kappa shape index (κ3) is 6.72. The van der Waals surface area contributed by atoms with E-state index in [2.05, 4.69) is 217 Å². The smallest absolute Gasteiger partial charge is 0.211 e. The van der Waals surface area contributed by atoms with Gasteiger partial charge >= 0.3 is 0 Å². The zero-order chi connectivity index (χ0) is 51.6. The van der Waals surface area contributed by atoms with Gasteiger partial charge in [-0.3, -0.25) is 0 Å². The fourth-order valence-electron chi connectivity index (χ4n) is 13.6. The van der Waals surface area contributed by atoms with Crippen LogP contribution in [0, 0.1) is 0 Å². The molecular formula is C68H68BN2S3. The molecule has 1 aliphatic heterocycles. The van der Waals surface area contributed by atoms with Crippen molar-refractivity contribution in [3.8, 4) is 16.8 Å². The van der Waals surface area contributed by atoms with E-state index in [1.165, 1.54) is 158 Å². The number of hydrogen-bond donors (Lipinski definition) is 1. The van der Waals surface area contributed by atoms with Crippen LogP contribution in [0.3, 0.4) is 0 Å². The van der Waals surface area contributed by atoms with Gasteiger partial charge in [0.2, 0.25) is 7.28 Å². The Morgan fingerprint density at radius 3 is 1.73 bits per heavy atom. The number of thiophene rings is 3. The van der Waals surface area contributed by atoms with Gasteiger partial charge in [-0.1, -0.05) is 133 Å². The van der Waals surface area contributed by atoms with Crippen LogP contribution in [0.2, 0.25) is 0 Å². The molecule has 0 saturated heterocycles. The van der Waals surface area contributed by atoms with Gasteiger partial charge in [0.05, 0.1) is 16.7 Å². The summed E-state index contributed by atoms with van der Waals surface area (Å²) in [6.07, 6.45) is 4.76. The lowest BCUT2D eigenvalue weighted by atomic mass is 9.62. The summed E-state index contributed by atoms with van der Waals surface area (Å²) in [6.45, 7) is 33.8. The molecule has 4 aromatic heterocycles. The van der Waals surface area contributed by atoms with Gasteiger partial charge in [-0.15, -0.1) is 34.0 Å². The van der Waals surface area contributed by atoms with Crippen molar-refractivity contribution in [2.75, 3.05) is 5.32 Å². The quantitative estimate of drug-likeness (QED) is 0.175. The van der Waals surface area contributed by atoms with Crippen LogP contribution in [0.15, 0.2) is 103 Å². The Morgan fingerprint density at radius 2 is 1.07 bits per heavy atom. The third-order valence-corrected chi connectivity index (χ3v) is 21.9. The molecule has 2 aliphatic carbocycles. The molecule has 0 spiro atoms. The third-order valence-electron chi connectivity index (χ3n) is 18.5. The maximum Gasteiger partial charge on any atom is 0.211 e. The van der Waals surface area contributed by atoms with Crippen molar-refractivity contribution in [2.45, 2.75) is 155 Å². The van der Waals surface area contributed by atoms with E-state index >= 15 is 0 Å². The van der Waals surface area contributed by atoms with Crippen molar-refractivity contribution in [3.63, 3.8) is 0 Å². The van der Waals surface area contributed by atoms with Crippen molar-refractivity contribution in [2.24, 2.45) is 0 Å². The van der Waals surface area contributed by atoms with Gasteiger partial charge in [-0.05, 0) is 174 Å². The summed E-state index contributed by atoms with van der Waals surface area (Å²) in [5.41, 5.74) is 19.4. The van der Waals surface area contributed by atoms with Gasteiger partial charge in [0.25, 0.3) is 0 Å². The van der Waals surface area contributed by atoms with Crippen LogP contribution < -0.4 is 15.6 Å². The summed E-state index contributed by atoms with van der Waals surface area (Å²) < 4.78 is 10.9. The minimum Gasteiger partial charge on any atom is -0.355 e. The summed E-state index contributed by atoms with van der Waals surface area (Å²) in [7, 11) is 2.62. The molecule has 0 fully saturated rings. The molecule has 3 aliphatic rings. The minimum atomic E-state index is 0.0185. The molecule has 7 aromatic carbocycles. The summed E-state index contributed by atoms with van der Waals surface area (Å²) in [6, 6.07) is 41.4. The standard InChI is InChI=1S/C68H68BN2S3/c1-63(2,3)36-19-22-38(23-20-36)70-49-35-54-40(41-31-45-48(34-53(41)72-54)68(13,14)28-26-65(45,7)8)30-42(49)55-56-39-17-15-16-18-51(39)73-61(56)57-43-32-46-47(67(11,12)27-25-66(46,9)10)33-50(43)71-59-44-29-37(64(4,5)6)21-24-52(44)74-62(59)69-58(55)60(57)71/h15-24,29-35,70H,25-28H2,1-14H3. The molecule has 0 amide bonds. The molecule has 5 heterocycles. The van der Waals surface area contributed by atoms with E-state index in [9.17, 15) is 0 Å². The molecule has 0 atom stereocenters. The minimum absolute atomic E-state index is 0.0185. The zero-order valence-electron chi connectivity index (χ0n) is 45.9. The van der Waals surface area contributed by atoms with Crippen LogP contribution >= 0.6 is 34.0 Å². The fraction of sp³-hybridized carbons (Fsp3) is 0.353. The Kier molecular flexibility index (Phi) is 9.65. The molecule has 1 radical (unpaired) electrons. The summed E-state index contributed by atoms with van der Waals surface area (Å²) in [5, 5.41) is 13.7. The number of benzene rings is 7. The second-order valence-electron chi connectivity index (χ2n) is 27.4. The van der Waals surface area contributed by atoms with Gasteiger partial charge in [0, 0.05) is 78.1 Å². The first-order valence-corrected chi connectivity index (χ1v) is 29.7. The van der Waals surface area contributed by atoms with Crippen LogP contribution in [0.25, 0.3) is 89.1 Å². The first-order valence-electron chi connectivity index (χ1n) is 27.2. The van der Waals surface area contributed by atoms with Crippen LogP contribution in [-0.4, -0.2) is 11.8 Å². The first-order chi connectivity index (χ1) is 34.9. The van der Waals surface area contributed by atoms with Crippen LogP contribution in [0.4, 0.5) is 11.4 Å². The van der Waals surface area contributed by atoms with Gasteiger partial charge in [-0.25, -0.2) is 0 Å². The van der Waals surface area contributed by atoms with Crippen molar-refractivity contribution in [3.05, 3.63) is 137 Å². The number of aromatic nitrogens is 1. The van der Waals surface area contributed by atoms with Crippen LogP contribution in [0.5, 0.6) is 0 Å². The van der Waals surface area contributed by atoms with Crippen LogP contribution in [0.1, 0.15) is 156 Å². The summed E-state index contributed by atoms with van der Waals surface area (Å²) in [4.78, 5) is 0. The van der Waals surface area contributed by atoms with Crippen LogP contribution in [-0.2, 0) is 32.5 Å². The number of fused-ring (bicyclic) bond motifs is 16. The highest BCUT2D eigenvalue weighted by atomic mass is 32.1. The first kappa shape index (κ1) is 47.1. The van der Waals surface area contributed by atoms with Gasteiger partial charge in [0.1, 0.15) is 0 Å². The van der Waals surface area contributed by atoms with Gasteiger partial charge < -0.3 is 9.88 Å². The Hall–Kier alpha value is -5.40. The second-order valence-corrected chi connectivity index (χ2v) is 30.6. The maximum absolute atomic E-state index is 4.14. The molecule has 14 rings (SSSR count). The SMILES string of the molecule is CC(C)(C)c1ccc(Nc2cc3sc4cc5c(cc4c3cc2-c2c3c4c(c6cc7c(cc6n4-c4c(sc6ccc(C(C)(C)C)cc46)[B]3)C(C)(C)CCC7(C)C)c3sc4ccccc4c23)C(C)(C)CCC5(C)C)cc1. The Morgan fingerprint density at radius 1 is 0.500 bits per heavy atom. The average molecular weight is 1020 g/mol. The van der Waals surface area contributed by atoms with E-state index < -0.39 is 0 Å². The van der Waals surface area contributed by atoms with Crippen molar-refractivity contribution in [1.82, 2.24) is 4.57 Å². The van der Waals surface area contributed by atoms with Crippen molar-refractivity contribution in [1.29, 1.82) is 0 Å². The molecule has 0 bridgehead atoms. The molecule has 11 aromatic rings. The van der Waals surface area contributed by atoms with E-state index in [0.29, 0.717) is 0 Å². The Balaban J connectivity index is 1.16. The number of hydrogen-bond acceptors (Lipinski definition) is 4. The molecule has 371 valence electrons. The second kappa shape index (κ2) is 15.2. The van der Waals surface area contributed by atoms with E-state index in [1.54, 1.807) is 0 Å². The Bertz CT molecular complexity index is 4260. The summed E-state index contributed by atoms with van der Waals surface area (Å²) in [5.74, 6) is 0. The van der Waals surface area contributed by atoms with Crippen molar-refractivity contribution >= 4 is 135 Å². The number of nitrogens with zero attached hydrogens (tertiary/aromatic N) is 1. The van der Waals surface area contributed by atoms with E-state index in [0.717, 1.165) is 11.4 Å². The number of nitrogens with one attached hydrogen (secondary N) is 1. The monoisotopic (exact) mass is 1020 g/mol. The highest BCUT2D eigenvalue weighted by Crippen LogP contribution is 2.55. The van der Waals surface area contributed by atoms with Gasteiger partial charge in [0.15, 0.2) is 0 Å². The summed E-state index contributed by atoms with van der Waals surface area (Å²) >= 11 is 5.92. The lowest BCUT2D eigenvalue weighted by Crippen LogP contribution is -2.35. The molecule has 0 saturated carbocycles.